The Labute approximate surface area is 196 Å². The largest absolute Gasteiger partial charge is 0.444 e. The van der Waals surface area contributed by atoms with Crippen molar-refractivity contribution in [2.45, 2.75) is 83.9 Å². The summed E-state index contributed by atoms with van der Waals surface area (Å²) in [6, 6.07) is 2.74. The van der Waals surface area contributed by atoms with E-state index in [1.807, 2.05) is 20.8 Å². The van der Waals surface area contributed by atoms with Crippen molar-refractivity contribution in [1.82, 2.24) is 16.0 Å². The number of rotatable bonds is 6. The van der Waals surface area contributed by atoms with Gasteiger partial charge in [-0.25, -0.2) is 4.79 Å². The molecular formula is C21H37IN4O2S. The Hall–Kier alpha value is -1.03. The van der Waals surface area contributed by atoms with E-state index in [-0.39, 0.29) is 36.1 Å². The van der Waals surface area contributed by atoms with Gasteiger partial charge in [-0.15, -0.1) is 24.0 Å². The van der Waals surface area contributed by atoms with Crippen molar-refractivity contribution in [3.63, 3.8) is 0 Å². The van der Waals surface area contributed by atoms with Gasteiger partial charge in [0.15, 0.2) is 5.96 Å². The Morgan fingerprint density at radius 3 is 2.38 bits per heavy atom. The summed E-state index contributed by atoms with van der Waals surface area (Å²) in [6.45, 7) is 11.6. The lowest BCUT2D eigenvalue weighted by Crippen LogP contribution is -2.48. The first-order valence-corrected chi connectivity index (χ1v) is 11.3. The lowest BCUT2D eigenvalue weighted by Gasteiger charge is -2.31. The number of halogens is 1. The molecule has 2 rings (SSSR count). The molecule has 1 saturated carbocycles. The molecule has 1 aliphatic rings. The predicted molar refractivity (Wildman–Crippen MR) is 133 cm³/mol. The number of amides is 1. The Morgan fingerprint density at radius 2 is 1.86 bits per heavy atom. The fourth-order valence-corrected chi connectivity index (χ4v) is 4.04. The average molecular weight is 537 g/mol. The van der Waals surface area contributed by atoms with E-state index < -0.39 is 5.60 Å². The summed E-state index contributed by atoms with van der Waals surface area (Å²) in [5.74, 6) is 1.30. The highest BCUT2D eigenvalue weighted by molar-refractivity contribution is 14.0. The molecule has 1 fully saturated rings. The molecule has 0 aromatic carbocycles. The minimum absolute atomic E-state index is 0. The number of aliphatic imine (C=N–C) groups is 1. The van der Waals surface area contributed by atoms with Crippen LogP contribution in [0.4, 0.5) is 4.79 Å². The molecule has 29 heavy (non-hydrogen) atoms. The van der Waals surface area contributed by atoms with Gasteiger partial charge in [0.05, 0.1) is 0 Å². The highest BCUT2D eigenvalue weighted by Gasteiger charge is 2.25. The second-order valence-electron chi connectivity index (χ2n) is 8.52. The minimum Gasteiger partial charge on any atom is -0.444 e. The molecule has 8 heteroatoms. The van der Waals surface area contributed by atoms with E-state index in [1.54, 1.807) is 11.3 Å². The second-order valence-corrected chi connectivity index (χ2v) is 9.30. The molecule has 0 bridgehead atoms. The van der Waals surface area contributed by atoms with Gasteiger partial charge in [0.1, 0.15) is 5.60 Å². The highest BCUT2D eigenvalue weighted by Crippen LogP contribution is 2.20. The molecule has 1 aromatic heterocycles. The lowest BCUT2D eigenvalue weighted by molar-refractivity contribution is 0.0490. The number of guanidine groups is 1. The van der Waals surface area contributed by atoms with E-state index >= 15 is 0 Å². The van der Waals surface area contributed by atoms with Gasteiger partial charge in [-0.1, -0.05) is 6.92 Å². The Balaban J connectivity index is 0.00000420. The van der Waals surface area contributed by atoms with Gasteiger partial charge >= 0.3 is 6.09 Å². The van der Waals surface area contributed by atoms with Crippen molar-refractivity contribution in [3.8, 4) is 0 Å². The van der Waals surface area contributed by atoms with Gasteiger partial charge in [-0.3, -0.25) is 4.99 Å². The van der Waals surface area contributed by atoms with E-state index in [9.17, 15) is 4.79 Å². The number of carbonyl (C=O) groups excluding carboxylic acids is 1. The molecule has 0 saturated heterocycles. The standard InChI is InChI=1S/C21H36N4O2S.HI/c1-6-22-19(23-13-15(2)16-11-12-28-14-16)24-17-7-9-18(10-8-17)25-20(26)27-21(3,4)5;/h11-12,14-15,17-18H,6-10,13H2,1-5H3,(H,25,26)(H2,22,23,24);1H. The SMILES string of the molecule is CCNC(=NCC(C)c1ccsc1)NC1CCC(NC(=O)OC(C)(C)C)CC1.I. The highest BCUT2D eigenvalue weighted by atomic mass is 127. The third kappa shape index (κ3) is 10.0. The summed E-state index contributed by atoms with van der Waals surface area (Å²) in [6.07, 6.45) is 3.58. The average Bonchev–Trinajstić information content (AvgIpc) is 3.14. The molecule has 1 atom stereocenters. The maximum atomic E-state index is 11.9. The van der Waals surface area contributed by atoms with Crippen molar-refractivity contribution in [1.29, 1.82) is 0 Å². The van der Waals surface area contributed by atoms with Crippen LogP contribution < -0.4 is 16.0 Å². The van der Waals surface area contributed by atoms with Crippen LogP contribution in [0.2, 0.25) is 0 Å². The van der Waals surface area contributed by atoms with Crippen molar-refractivity contribution in [2.75, 3.05) is 13.1 Å². The number of thiophene rings is 1. The normalized spacial score (nSPS) is 20.9. The summed E-state index contributed by atoms with van der Waals surface area (Å²) in [5.41, 5.74) is 0.888. The Bertz CT molecular complexity index is 623. The smallest absolute Gasteiger partial charge is 0.407 e. The Morgan fingerprint density at radius 1 is 1.24 bits per heavy atom. The lowest BCUT2D eigenvalue weighted by atomic mass is 9.91. The fraction of sp³-hybridized carbons (Fsp3) is 0.714. The van der Waals surface area contributed by atoms with E-state index in [0.717, 1.165) is 44.7 Å². The molecule has 166 valence electrons. The molecule has 6 nitrogen and oxygen atoms in total. The van der Waals surface area contributed by atoms with Crippen LogP contribution in [-0.4, -0.2) is 42.8 Å². The maximum absolute atomic E-state index is 11.9. The number of hydrogen-bond acceptors (Lipinski definition) is 4. The minimum atomic E-state index is -0.458. The zero-order valence-electron chi connectivity index (χ0n) is 18.3. The van der Waals surface area contributed by atoms with Crippen molar-refractivity contribution < 1.29 is 9.53 Å². The van der Waals surface area contributed by atoms with E-state index in [4.69, 9.17) is 9.73 Å². The third-order valence-corrected chi connectivity index (χ3v) is 5.47. The van der Waals surface area contributed by atoms with Crippen LogP contribution in [-0.2, 0) is 4.74 Å². The topological polar surface area (TPSA) is 74.8 Å². The molecular weight excluding hydrogens is 499 g/mol. The molecule has 0 aliphatic heterocycles. The fourth-order valence-electron chi connectivity index (χ4n) is 3.26. The molecule has 1 aromatic rings. The first-order valence-electron chi connectivity index (χ1n) is 10.3. The Kier molecular flexibility index (Phi) is 11.3. The monoisotopic (exact) mass is 536 g/mol. The quantitative estimate of drug-likeness (QED) is 0.276. The summed E-state index contributed by atoms with van der Waals surface area (Å²) in [7, 11) is 0. The molecule has 1 amide bonds. The van der Waals surface area contributed by atoms with Crippen LogP contribution in [0, 0.1) is 0 Å². The van der Waals surface area contributed by atoms with Crippen LogP contribution in [0.25, 0.3) is 0 Å². The number of alkyl carbamates (subject to hydrolysis) is 1. The second kappa shape index (κ2) is 12.6. The van der Waals surface area contributed by atoms with Crippen LogP contribution in [0.15, 0.2) is 21.8 Å². The zero-order chi connectivity index (χ0) is 20.6. The summed E-state index contributed by atoms with van der Waals surface area (Å²) < 4.78 is 5.35. The van der Waals surface area contributed by atoms with E-state index in [2.05, 4.69) is 46.6 Å². The number of nitrogens with zero attached hydrogens (tertiary/aromatic N) is 1. The van der Waals surface area contributed by atoms with Crippen LogP contribution in [0.3, 0.4) is 0 Å². The van der Waals surface area contributed by atoms with Crippen molar-refractivity contribution >= 4 is 47.4 Å². The maximum Gasteiger partial charge on any atom is 0.407 e. The molecule has 1 aliphatic carbocycles. The van der Waals surface area contributed by atoms with Gasteiger partial charge < -0.3 is 20.7 Å². The number of ether oxygens (including phenoxy) is 1. The van der Waals surface area contributed by atoms with E-state index in [1.165, 1.54) is 5.56 Å². The summed E-state index contributed by atoms with van der Waals surface area (Å²) >= 11 is 1.73. The number of carbonyl (C=O) groups is 1. The van der Waals surface area contributed by atoms with Gasteiger partial charge in [0.25, 0.3) is 0 Å². The molecule has 1 heterocycles. The molecule has 0 spiro atoms. The zero-order valence-corrected chi connectivity index (χ0v) is 21.4. The first-order chi connectivity index (χ1) is 13.3. The molecule has 3 N–H and O–H groups in total. The van der Waals surface area contributed by atoms with Crippen molar-refractivity contribution in [3.05, 3.63) is 22.4 Å². The number of hydrogen-bond donors (Lipinski definition) is 3. The van der Waals surface area contributed by atoms with Crippen LogP contribution in [0.1, 0.15) is 71.8 Å². The molecule has 1 unspecified atom stereocenters. The first kappa shape index (κ1) is 26.0. The van der Waals surface area contributed by atoms with Crippen LogP contribution in [0.5, 0.6) is 0 Å². The summed E-state index contributed by atoms with van der Waals surface area (Å²) in [4.78, 5) is 16.7. The summed E-state index contributed by atoms with van der Waals surface area (Å²) in [5, 5.41) is 14.2. The van der Waals surface area contributed by atoms with Gasteiger partial charge in [0, 0.05) is 31.1 Å². The third-order valence-electron chi connectivity index (χ3n) is 4.77. The van der Waals surface area contributed by atoms with Crippen molar-refractivity contribution in [2.24, 2.45) is 4.99 Å². The predicted octanol–water partition coefficient (Wildman–Crippen LogP) is 4.86. The number of nitrogens with one attached hydrogen (secondary N) is 3. The van der Waals surface area contributed by atoms with Gasteiger partial charge in [-0.05, 0) is 75.8 Å². The van der Waals surface area contributed by atoms with E-state index in [0.29, 0.717) is 12.0 Å². The van der Waals surface area contributed by atoms with Gasteiger partial charge in [-0.2, -0.15) is 11.3 Å². The van der Waals surface area contributed by atoms with Gasteiger partial charge in [0.2, 0.25) is 0 Å². The molecule has 0 radical (unpaired) electrons. The van der Waals surface area contributed by atoms with Crippen LogP contribution >= 0.6 is 35.3 Å².